The molecule has 2 saturated heterocycles. The number of sulfone groups is 1. The molecule has 1 amide bonds. The molecule has 0 bridgehead atoms. The number of hydrogen-bond acceptors (Lipinski definition) is 5. The molecule has 148 valence electrons. The summed E-state index contributed by atoms with van der Waals surface area (Å²) in [5, 5.41) is 0.489. The van der Waals surface area contributed by atoms with Gasteiger partial charge in [-0.05, 0) is 18.6 Å². The molecule has 0 aromatic heterocycles. The van der Waals surface area contributed by atoms with Crippen molar-refractivity contribution in [3.05, 3.63) is 24.3 Å². The summed E-state index contributed by atoms with van der Waals surface area (Å²) < 4.78 is 30.1. The number of aliphatic imine (C=N–C) groups is 1. The van der Waals surface area contributed by atoms with Gasteiger partial charge in [-0.15, -0.1) is 0 Å². The number of ether oxygens (including phenoxy) is 1. The van der Waals surface area contributed by atoms with Crippen molar-refractivity contribution in [2.24, 2.45) is 10.9 Å². The van der Waals surface area contributed by atoms with E-state index in [1.165, 1.54) is 11.8 Å². The second-order valence-corrected chi connectivity index (χ2v) is 10.6. The molecule has 6 nitrogen and oxygen atoms in total. The van der Waals surface area contributed by atoms with E-state index in [9.17, 15) is 13.2 Å². The summed E-state index contributed by atoms with van der Waals surface area (Å²) in [4.78, 5) is 18.4. The van der Waals surface area contributed by atoms with Crippen LogP contribution in [0.5, 0.6) is 5.75 Å². The van der Waals surface area contributed by atoms with Crippen molar-refractivity contribution in [3.63, 3.8) is 0 Å². The van der Waals surface area contributed by atoms with Gasteiger partial charge in [-0.25, -0.2) is 8.42 Å². The first-order valence-electron chi connectivity index (χ1n) is 9.32. The van der Waals surface area contributed by atoms with Gasteiger partial charge in [-0.3, -0.25) is 4.79 Å². The quantitative estimate of drug-likeness (QED) is 0.671. The van der Waals surface area contributed by atoms with Gasteiger partial charge in [0.15, 0.2) is 15.0 Å². The largest absolute Gasteiger partial charge is 0.494 e. The molecule has 2 aliphatic heterocycles. The van der Waals surface area contributed by atoms with E-state index >= 15 is 0 Å². The molecule has 2 atom stereocenters. The minimum Gasteiger partial charge on any atom is -0.494 e. The number of amides is 1. The molecule has 27 heavy (non-hydrogen) atoms. The van der Waals surface area contributed by atoms with E-state index in [0.29, 0.717) is 11.8 Å². The van der Waals surface area contributed by atoms with Crippen molar-refractivity contribution in [3.8, 4) is 5.75 Å². The minimum absolute atomic E-state index is 0.0838. The Morgan fingerprint density at radius 3 is 2.85 bits per heavy atom. The number of benzene rings is 1. The molecule has 2 aliphatic rings. The number of thioether (sulfide) groups is 1. The summed E-state index contributed by atoms with van der Waals surface area (Å²) in [6, 6.07) is 7.39. The maximum Gasteiger partial charge on any atom is 0.250 e. The Morgan fingerprint density at radius 2 is 2.15 bits per heavy atom. The first-order chi connectivity index (χ1) is 12.8. The highest BCUT2D eigenvalue weighted by Gasteiger charge is 2.49. The molecule has 2 unspecified atom stereocenters. The van der Waals surface area contributed by atoms with E-state index in [1.807, 2.05) is 43.0 Å². The average molecular weight is 411 g/mol. The van der Waals surface area contributed by atoms with Crippen molar-refractivity contribution < 1.29 is 17.9 Å². The third-order valence-corrected chi connectivity index (χ3v) is 7.84. The Bertz CT molecular complexity index is 836. The minimum atomic E-state index is -3.08. The zero-order chi connectivity index (χ0) is 19.6. The second kappa shape index (κ2) is 8.22. The number of amidine groups is 1. The molecule has 0 N–H and O–H groups in total. The molecule has 0 aliphatic carbocycles. The van der Waals surface area contributed by atoms with Crippen molar-refractivity contribution in [2.75, 3.05) is 23.0 Å². The molecule has 0 spiro atoms. The number of nitrogens with zero attached hydrogens (tertiary/aromatic N) is 2. The van der Waals surface area contributed by atoms with Crippen LogP contribution in [-0.4, -0.2) is 48.9 Å². The monoisotopic (exact) mass is 410 g/mol. The van der Waals surface area contributed by atoms with E-state index in [1.54, 1.807) is 0 Å². The topological polar surface area (TPSA) is 76.0 Å². The van der Waals surface area contributed by atoms with Gasteiger partial charge in [-0.1, -0.05) is 45.0 Å². The number of rotatable bonds is 6. The van der Waals surface area contributed by atoms with Crippen LogP contribution in [0.15, 0.2) is 29.3 Å². The molecule has 1 aromatic rings. The molecule has 1 aromatic carbocycles. The summed E-state index contributed by atoms with van der Waals surface area (Å²) in [5.41, 5.74) is 0.816. The van der Waals surface area contributed by atoms with E-state index in [2.05, 4.69) is 11.9 Å². The lowest BCUT2D eigenvalue weighted by atomic mass is 10.2. The molecular weight excluding hydrogens is 384 g/mol. The fraction of sp³-hybridized carbons (Fsp3) is 0.579. The Morgan fingerprint density at radius 1 is 1.37 bits per heavy atom. The Labute approximate surface area is 165 Å². The zero-order valence-corrected chi connectivity index (χ0v) is 17.6. The van der Waals surface area contributed by atoms with Gasteiger partial charge in [0.05, 0.1) is 24.2 Å². The molecule has 3 rings (SSSR count). The number of anilines is 1. The first kappa shape index (κ1) is 20.2. The standard InChI is InChI=1S/C19H26N2O4S2/c1-4-5-9-25-15-8-6-7-14(10-15)21-16-11-27(23,24)12-17(16)26-19(21)20-18(22)13(2)3/h6-8,10,13,16-17H,4-5,9,11-12H2,1-3H3. The Balaban J connectivity index is 1.92. The third kappa shape index (κ3) is 4.66. The molecule has 0 radical (unpaired) electrons. The zero-order valence-electron chi connectivity index (χ0n) is 15.9. The van der Waals surface area contributed by atoms with E-state index in [4.69, 9.17) is 4.74 Å². The van der Waals surface area contributed by atoms with Crippen LogP contribution in [-0.2, 0) is 14.6 Å². The molecule has 8 heteroatoms. The highest BCUT2D eigenvalue weighted by Crippen LogP contribution is 2.41. The van der Waals surface area contributed by atoms with Gasteiger partial charge in [0.1, 0.15) is 5.75 Å². The van der Waals surface area contributed by atoms with Gasteiger partial charge in [0.2, 0.25) is 0 Å². The maximum absolute atomic E-state index is 12.2. The first-order valence-corrected chi connectivity index (χ1v) is 12.0. The summed E-state index contributed by atoms with van der Waals surface area (Å²) in [7, 11) is -3.08. The summed E-state index contributed by atoms with van der Waals surface area (Å²) in [6.07, 6.45) is 2.03. The van der Waals surface area contributed by atoms with Gasteiger partial charge in [-0.2, -0.15) is 4.99 Å². The lowest BCUT2D eigenvalue weighted by Crippen LogP contribution is -2.37. The summed E-state index contributed by atoms with van der Waals surface area (Å²) >= 11 is 1.39. The highest BCUT2D eigenvalue weighted by molar-refractivity contribution is 8.16. The number of carbonyl (C=O) groups is 1. The number of fused-ring (bicyclic) bond motifs is 1. The van der Waals surface area contributed by atoms with E-state index in [0.717, 1.165) is 24.3 Å². The Hall–Kier alpha value is -1.54. The molecule has 2 heterocycles. The van der Waals surface area contributed by atoms with Gasteiger partial charge < -0.3 is 9.64 Å². The van der Waals surface area contributed by atoms with E-state index < -0.39 is 9.84 Å². The third-order valence-electron chi connectivity index (χ3n) is 4.63. The van der Waals surface area contributed by atoms with Gasteiger partial charge >= 0.3 is 0 Å². The summed E-state index contributed by atoms with van der Waals surface area (Å²) in [6.45, 7) is 6.37. The van der Waals surface area contributed by atoms with E-state index in [-0.39, 0.29) is 34.6 Å². The van der Waals surface area contributed by atoms with Crippen LogP contribution in [0, 0.1) is 5.92 Å². The average Bonchev–Trinajstić information content (AvgIpc) is 3.06. The molecule has 2 fully saturated rings. The normalized spacial score (nSPS) is 25.2. The van der Waals surface area contributed by atoms with Crippen molar-refractivity contribution >= 4 is 38.4 Å². The predicted octanol–water partition coefficient (Wildman–Crippen LogP) is 3.12. The SMILES string of the molecule is CCCCOc1cccc(N2C(=NC(=O)C(C)C)SC3CS(=O)(=O)CC32)c1. The Kier molecular flexibility index (Phi) is 6.15. The fourth-order valence-electron chi connectivity index (χ4n) is 3.15. The van der Waals surface area contributed by atoms with Crippen molar-refractivity contribution in [2.45, 2.75) is 44.9 Å². The lowest BCUT2D eigenvalue weighted by molar-refractivity contribution is -0.120. The van der Waals surface area contributed by atoms with Crippen LogP contribution in [0.4, 0.5) is 5.69 Å². The van der Waals surface area contributed by atoms with Crippen LogP contribution in [0.3, 0.4) is 0 Å². The predicted molar refractivity (Wildman–Crippen MR) is 110 cm³/mol. The maximum atomic E-state index is 12.2. The number of unbranched alkanes of at least 4 members (excludes halogenated alkanes) is 1. The van der Waals surface area contributed by atoms with Crippen LogP contribution in [0.2, 0.25) is 0 Å². The molecule has 0 saturated carbocycles. The van der Waals surface area contributed by atoms with Crippen LogP contribution >= 0.6 is 11.8 Å². The lowest BCUT2D eigenvalue weighted by Gasteiger charge is -2.25. The van der Waals surface area contributed by atoms with Gasteiger partial charge in [0, 0.05) is 22.9 Å². The van der Waals surface area contributed by atoms with Gasteiger partial charge in [0.25, 0.3) is 5.91 Å². The smallest absolute Gasteiger partial charge is 0.250 e. The van der Waals surface area contributed by atoms with Crippen molar-refractivity contribution in [1.82, 2.24) is 0 Å². The van der Waals surface area contributed by atoms with Crippen LogP contribution < -0.4 is 9.64 Å². The van der Waals surface area contributed by atoms with Crippen LogP contribution in [0.25, 0.3) is 0 Å². The van der Waals surface area contributed by atoms with Crippen molar-refractivity contribution in [1.29, 1.82) is 0 Å². The highest BCUT2D eigenvalue weighted by atomic mass is 32.2. The summed E-state index contributed by atoms with van der Waals surface area (Å²) in [5.74, 6) is 0.555. The fourth-order valence-corrected chi connectivity index (χ4v) is 7.07. The second-order valence-electron chi connectivity index (χ2n) is 7.26. The van der Waals surface area contributed by atoms with Crippen LogP contribution in [0.1, 0.15) is 33.6 Å². The number of hydrogen-bond donors (Lipinski definition) is 0. The molecular formula is C19H26N2O4S2. The number of carbonyl (C=O) groups excluding carboxylic acids is 1.